The van der Waals surface area contributed by atoms with Crippen LogP contribution in [-0.4, -0.2) is 51.7 Å². The smallest absolute Gasteiger partial charge is 0.303 e. The lowest BCUT2D eigenvalue weighted by atomic mass is 10.1. The third-order valence-electron chi connectivity index (χ3n) is 2.25. The van der Waals surface area contributed by atoms with Crippen LogP contribution < -0.4 is 4.72 Å². The number of esters is 2. The third kappa shape index (κ3) is 6.13. The maximum Gasteiger partial charge on any atom is 0.303 e. The molecule has 0 aromatic carbocycles. The third-order valence-corrected chi connectivity index (χ3v) is 2.91. The zero-order valence-electron chi connectivity index (χ0n) is 11.4. The molecule has 0 aromatic heterocycles. The van der Waals surface area contributed by atoms with E-state index < -0.39 is 40.4 Å². The lowest BCUT2D eigenvalue weighted by Gasteiger charge is -2.31. The highest BCUT2D eigenvalue weighted by Crippen LogP contribution is 2.16. The van der Waals surface area contributed by atoms with Crippen molar-refractivity contribution >= 4 is 22.0 Å². The minimum atomic E-state index is -3.46. The van der Waals surface area contributed by atoms with E-state index in [2.05, 4.69) is 4.72 Å². The first-order chi connectivity index (χ1) is 9.17. The Bertz CT molecular complexity index is 499. The van der Waals surface area contributed by atoms with E-state index in [1.165, 1.54) is 26.0 Å². The van der Waals surface area contributed by atoms with Gasteiger partial charge in [0.2, 0.25) is 10.0 Å². The molecular formula is C11H17NO7S. The molecule has 1 aliphatic rings. The van der Waals surface area contributed by atoms with Gasteiger partial charge in [-0.15, -0.1) is 0 Å². The fourth-order valence-corrected chi connectivity index (χ4v) is 2.12. The average Bonchev–Trinajstić information content (AvgIpc) is 2.26. The number of ether oxygens (including phenoxy) is 3. The van der Waals surface area contributed by atoms with E-state index >= 15 is 0 Å². The van der Waals surface area contributed by atoms with Crippen LogP contribution in [0.1, 0.15) is 13.8 Å². The molecule has 1 unspecified atom stereocenters. The van der Waals surface area contributed by atoms with Gasteiger partial charge >= 0.3 is 11.9 Å². The molecule has 0 bridgehead atoms. The van der Waals surface area contributed by atoms with E-state index in [4.69, 9.17) is 14.2 Å². The normalized spacial score (nSPS) is 26.1. The van der Waals surface area contributed by atoms with Crippen molar-refractivity contribution in [3.05, 3.63) is 12.2 Å². The van der Waals surface area contributed by atoms with Crippen LogP contribution in [0.3, 0.4) is 0 Å². The fourth-order valence-electron chi connectivity index (χ4n) is 1.56. The van der Waals surface area contributed by atoms with Gasteiger partial charge in [-0.3, -0.25) is 9.59 Å². The van der Waals surface area contributed by atoms with Gasteiger partial charge in [-0.05, 0) is 12.2 Å². The summed E-state index contributed by atoms with van der Waals surface area (Å²) in [6.45, 7) is 2.31. The number of carbonyl (C=O) groups excluding carboxylic acids is 2. The van der Waals surface area contributed by atoms with Crippen molar-refractivity contribution in [2.24, 2.45) is 0 Å². The molecule has 9 heteroatoms. The predicted octanol–water partition coefficient (Wildman–Crippen LogP) is -0.688. The Labute approximate surface area is 117 Å². The summed E-state index contributed by atoms with van der Waals surface area (Å²) in [5, 5.41) is 0. The molecule has 1 aliphatic heterocycles. The topological polar surface area (TPSA) is 108 Å². The second kappa shape index (κ2) is 6.82. The lowest BCUT2D eigenvalue weighted by molar-refractivity contribution is -0.163. The van der Waals surface area contributed by atoms with Crippen molar-refractivity contribution in [2.75, 3.05) is 12.9 Å². The van der Waals surface area contributed by atoms with Crippen molar-refractivity contribution in [2.45, 2.75) is 32.3 Å². The van der Waals surface area contributed by atoms with E-state index in [0.717, 1.165) is 6.26 Å². The summed E-state index contributed by atoms with van der Waals surface area (Å²) in [6.07, 6.45) is 1.46. The summed E-state index contributed by atoms with van der Waals surface area (Å²) in [5.74, 6) is -1.04. The number of rotatable bonds is 5. The van der Waals surface area contributed by atoms with Crippen molar-refractivity contribution in [1.82, 2.24) is 4.72 Å². The average molecular weight is 307 g/mol. The van der Waals surface area contributed by atoms with Crippen LogP contribution in [0.25, 0.3) is 0 Å². The Morgan fingerprint density at radius 1 is 1.25 bits per heavy atom. The van der Waals surface area contributed by atoms with Gasteiger partial charge in [0.1, 0.15) is 25.0 Å². The van der Waals surface area contributed by atoms with Gasteiger partial charge in [-0.25, -0.2) is 8.42 Å². The number of nitrogens with one attached hydrogen (secondary N) is 1. The van der Waals surface area contributed by atoms with Gasteiger partial charge in [-0.2, -0.15) is 4.72 Å². The van der Waals surface area contributed by atoms with E-state index in [0.29, 0.717) is 0 Å². The van der Waals surface area contributed by atoms with Gasteiger partial charge in [0.25, 0.3) is 0 Å². The summed E-state index contributed by atoms with van der Waals surface area (Å²) in [4.78, 5) is 21.8. The highest BCUT2D eigenvalue weighted by atomic mass is 32.2. The largest absolute Gasteiger partial charge is 0.463 e. The van der Waals surface area contributed by atoms with Crippen LogP contribution in [0, 0.1) is 0 Å². The van der Waals surface area contributed by atoms with Crippen LogP contribution in [0.2, 0.25) is 0 Å². The zero-order chi connectivity index (χ0) is 15.3. The van der Waals surface area contributed by atoms with Crippen LogP contribution in [-0.2, 0) is 33.8 Å². The Morgan fingerprint density at radius 3 is 2.40 bits per heavy atom. The Balaban J connectivity index is 2.76. The summed E-state index contributed by atoms with van der Waals surface area (Å²) < 4.78 is 39.7. The maximum absolute atomic E-state index is 11.1. The van der Waals surface area contributed by atoms with Crippen LogP contribution >= 0.6 is 0 Å². The molecule has 0 radical (unpaired) electrons. The molecule has 0 aromatic rings. The number of sulfonamides is 1. The van der Waals surface area contributed by atoms with Crippen molar-refractivity contribution in [1.29, 1.82) is 0 Å². The standard InChI is InChI=1S/C11H17NO7S/c1-7(13)17-6-10-9(18-8(2)14)4-5-11(19-10)12-20(3,15)16/h4-5,9-12H,6H2,1-3H3/t9-,10+,11?/m0/s1. The first-order valence-electron chi connectivity index (χ1n) is 5.79. The molecule has 0 aliphatic carbocycles. The van der Waals surface area contributed by atoms with Gasteiger partial charge in [0.15, 0.2) is 0 Å². The van der Waals surface area contributed by atoms with E-state index in [-0.39, 0.29) is 6.61 Å². The lowest BCUT2D eigenvalue weighted by Crippen LogP contribution is -2.47. The van der Waals surface area contributed by atoms with Crippen molar-refractivity contribution in [3.8, 4) is 0 Å². The van der Waals surface area contributed by atoms with E-state index in [9.17, 15) is 18.0 Å². The fraction of sp³-hybridized carbons (Fsp3) is 0.636. The Morgan fingerprint density at radius 2 is 1.90 bits per heavy atom. The molecular weight excluding hydrogens is 290 g/mol. The molecule has 114 valence electrons. The molecule has 0 spiro atoms. The van der Waals surface area contributed by atoms with E-state index in [1.807, 2.05) is 0 Å². The first-order valence-corrected chi connectivity index (χ1v) is 7.68. The molecule has 0 amide bonds. The number of hydrogen-bond donors (Lipinski definition) is 1. The molecule has 0 fully saturated rings. The molecule has 3 atom stereocenters. The Hall–Kier alpha value is -1.45. The first kappa shape index (κ1) is 16.6. The van der Waals surface area contributed by atoms with Gasteiger partial charge in [-0.1, -0.05) is 0 Å². The van der Waals surface area contributed by atoms with Gasteiger partial charge < -0.3 is 14.2 Å². The summed E-state index contributed by atoms with van der Waals surface area (Å²) in [5.41, 5.74) is 0. The second-order valence-electron chi connectivity index (χ2n) is 4.25. The second-order valence-corrected chi connectivity index (χ2v) is 6.03. The molecule has 1 N–H and O–H groups in total. The van der Waals surface area contributed by atoms with Crippen molar-refractivity contribution in [3.63, 3.8) is 0 Å². The minimum absolute atomic E-state index is 0.153. The van der Waals surface area contributed by atoms with Crippen LogP contribution in [0.5, 0.6) is 0 Å². The van der Waals surface area contributed by atoms with E-state index in [1.54, 1.807) is 0 Å². The highest BCUT2D eigenvalue weighted by molar-refractivity contribution is 7.88. The number of hydrogen-bond acceptors (Lipinski definition) is 7. The van der Waals surface area contributed by atoms with Crippen LogP contribution in [0.4, 0.5) is 0 Å². The maximum atomic E-state index is 11.1. The molecule has 1 rings (SSSR count). The quantitative estimate of drug-likeness (QED) is 0.529. The monoisotopic (exact) mass is 307 g/mol. The number of carbonyl (C=O) groups is 2. The van der Waals surface area contributed by atoms with Crippen LogP contribution in [0.15, 0.2) is 12.2 Å². The SMILES string of the molecule is CC(=O)OC[C@H]1OC(NS(C)(=O)=O)C=C[C@@H]1OC(C)=O. The molecule has 0 saturated heterocycles. The van der Waals surface area contributed by atoms with Gasteiger partial charge in [0, 0.05) is 13.8 Å². The molecule has 8 nitrogen and oxygen atoms in total. The molecule has 0 saturated carbocycles. The van der Waals surface area contributed by atoms with Crippen molar-refractivity contribution < 1.29 is 32.2 Å². The molecule has 1 heterocycles. The summed E-state index contributed by atoms with van der Waals surface area (Å²) in [7, 11) is -3.46. The summed E-state index contributed by atoms with van der Waals surface area (Å²) in [6, 6.07) is 0. The summed E-state index contributed by atoms with van der Waals surface area (Å²) >= 11 is 0. The zero-order valence-corrected chi connectivity index (χ0v) is 12.2. The van der Waals surface area contributed by atoms with Gasteiger partial charge in [0.05, 0.1) is 6.26 Å². The highest BCUT2D eigenvalue weighted by Gasteiger charge is 2.31. The predicted molar refractivity (Wildman–Crippen MR) is 68.0 cm³/mol. The Kier molecular flexibility index (Phi) is 5.66. The minimum Gasteiger partial charge on any atom is -0.463 e. The molecule has 20 heavy (non-hydrogen) atoms.